The van der Waals surface area contributed by atoms with E-state index in [9.17, 15) is 0 Å². The lowest BCUT2D eigenvalue weighted by molar-refractivity contribution is 0.935. The van der Waals surface area contributed by atoms with Crippen LogP contribution in [0.3, 0.4) is 0 Å². The first-order chi connectivity index (χ1) is 9.43. The van der Waals surface area contributed by atoms with Crippen LogP contribution in [0.5, 0.6) is 0 Å². The highest BCUT2D eigenvalue weighted by atomic mass is 14.4. The Morgan fingerprint density at radius 1 is 0.789 bits per heavy atom. The average molecular weight is 246 g/mol. The van der Waals surface area contributed by atoms with Gasteiger partial charge in [0.2, 0.25) is 0 Å². The van der Waals surface area contributed by atoms with Gasteiger partial charge in [-0.3, -0.25) is 0 Å². The number of allylic oxidation sites excluding steroid dienone is 2. The predicted molar refractivity (Wildman–Crippen MR) is 80.0 cm³/mol. The first-order valence-electron chi connectivity index (χ1n) is 7.27. The average Bonchev–Trinajstić information content (AvgIpc) is 3.28. The van der Waals surface area contributed by atoms with Gasteiger partial charge in [0.15, 0.2) is 0 Å². The summed E-state index contributed by atoms with van der Waals surface area (Å²) in [6, 6.07) is 19.9. The topological polar surface area (TPSA) is 0 Å². The van der Waals surface area contributed by atoms with E-state index in [2.05, 4.69) is 60.7 Å². The molecular formula is C19H18. The number of fused-ring (bicyclic) bond motifs is 1. The molecule has 2 aromatic rings. The fourth-order valence-corrected chi connectivity index (χ4v) is 3.47. The van der Waals surface area contributed by atoms with E-state index in [4.69, 9.17) is 0 Å². The van der Waals surface area contributed by atoms with E-state index in [1.54, 1.807) is 11.1 Å². The van der Waals surface area contributed by atoms with E-state index in [0.717, 1.165) is 11.8 Å². The minimum atomic E-state index is 0.749. The summed E-state index contributed by atoms with van der Waals surface area (Å²) in [4.78, 5) is 0. The molecule has 1 saturated carbocycles. The summed E-state index contributed by atoms with van der Waals surface area (Å²) >= 11 is 0. The third-order valence-electron chi connectivity index (χ3n) is 4.52. The molecule has 0 nitrogen and oxygen atoms in total. The summed E-state index contributed by atoms with van der Waals surface area (Å²) in [6.45, 7) is 0. The first kappa shape index (κ1) is 11.0. The molecular weight excluding hydrogens is 228 g/mol. The molecule has 19 heavy (non-hydrogen) atoms. The van der Waals surface area contributed by atoms with Gasteiger partial charge in [0, 0.05) is 0 Å². The Balaban J connectivity index is 1.64. The second-order valence-corrected chi connectivity index (χ2v) is 5.71. The number of hydrogen-bond donors (Lipinski definition) is 0. The van der Waals surface area contributed by atoms with Gasteiger partial charge in [0.25, 0.3) is 0 Å². The standard InChI is InChI=1S/C19H18/c1-2-7-15(8-3-1)18-13-19(18)17-12-6-10-14-9-4-5-11-16(14)17/h1-5,7-9,11-12,18-19H,6,10,13H2/t18-,19-/m1/s1. The third-order valence-corrected chi connectivity index (χ3v) is 4.52. The summed E-state index contributed by atoms with van der Waals surface area (Å²) < 4.78 is 0. The van der Waals surface area contributed by atoms with E-state index in [1.807, 2.05) is 0 Å². The fourth-order valence-electron chi connectivity index (χ4n) is 3.47. The minimum Gasteiger partial charge on any atom is -0.0801 e. The molecule has 0 aliphatic heterocycles. The largest absolute Gasteiger partial charge is 0.0801 e. The van der Waals surface area contributed by atoms with Crippen molar-refractivity contribution in [2.24, 2.45) is 5.92 Å². The highest BCUT2D eigenvalue weighted by Gasteiger charge is 2.41. The van der Waals surface area contributed by atoms with Crippen LogP contribution >= 0.6 is 0 Å². The SMILES string of the molecule is C1=C([C@H]2C[C@@H]2c2ccccc2)c2ccccc2CC1. The van der Waals surface area contributed by atoms with Gasteiger partial charge in [-0.25, -0.2) is 0 Å². The molecule has 2 aliphatic rings. The van der Waals surface area contributed by atoms with Crippen molar-refractivity contribution in [2.75, 3.05) is 0 Å². The smallest absolute Gasteiger partial charge is 0.00840 e. The molecule has 2 aromatic carbocycles. The van der Waals surface area contributed by atoms with Gasteiger partial charge < -0.3 is 0 Å². The van der Waals surface area contributed by atoms with E-state index in [1.165, 1.54) is 30.4 Å². The zero-order valence-corrected chi connectivity index (χ0v) is 11.0. The maximum absolute atomic E-state index is 2.48. The Hall–Kier alpha value is -1.82. The summed E-state index contributed by atoms with van der Waals surface area (Å²) in [5.74, 6) is 1.50. The molecule has 2 atom stereocenters. The summed E-state index contributed by atoms with van der Waals surface area (Å²) in [6.07, 6.45) is 6.23. The van der Waals surface area contributed by atoms with Gasteiger partial charge in [-0.15, -0.1) is 0 Å². The molecule has 0 heteroatoms. The van der Waals surface area contributed by atoms with Crippen molar-refractivity contribution < 1.29 is 0 Å². The summed E-state index contributed by atoms with van der Waals surface area (Å²) in [5, 5.41) is 0. The van der Waals surface area contributed by atoms with Crippen LogP contribution in [0.25, 0.3) is 5.57 Å². The normalized spacial score (nSPS) is 24.5. The molecule has 4 rings (SSSR count). The van der Waals surface area contributed by atoms with Gasteiger partial charge in [-0.2, -0.15) is 0 Å². The highest BCUT2D eigenvalue weighted by molar-refractivity contribution is 5.74. The zero-order valence-electron chi connectivity index (χ0n) is 11.0. The Labute approximate surface area is 114 Å². The van der Waals surface area contributed by atoms with Gasteiger partial charge in [-0.1, -0.05) is 60.7 Å². The predicted octanol–water partition coefficient (Wildman–Crippen LogP) is 4.82. The maximum atomic E-state index is 2.48. The third kappa shape index (κ3) is 1.92. The van der Waals surface area contributed by atoms with Gasteiger partial charge in [0.1, 0.15) is 0 Å². The highest BCUT2D eigenvalue weighted by Crippen LogP contribution is 2.55. The molecule has 0 aromatic heterocycles. The molecule has 0 bridgehead atoms. The second-order valence-electron chi connectivity index (χ2n) is 5.71. The first-order valence-corrected chi connectivity index (χ1v) is 7.27. The van der Waals surface area contributed by atoms with Crippen LogP contribution in [0.2, 0.25) is 0 Å². The second kappa shape index (κ2) is 4.38. The quantitative estimate of drug-likeness (QED) is 0.712. The van der Waals surface area contributed by atoms with Gasteiger partial charge in [0.05, 0.1) is 0 Å². The van der Waals surface area contributed by atoms with Crippen LogP contribution in [0.1, 0.15) is 35.4 Å². The molecule has 2 aliphatic carbocycles. The van der Waals surface area contributed by atoms with Crippen LogP contribution in [0.4, 0.5) is 0 Å². The Kier molecular flexibility index (Phi) is 2.55. The van der Waals surface area contributed by atoms with Crippen molar-refractivity contribution in [1.29, 1.82) is 0 Å². The monoisotopic (exact) mass is 246 g/mol. The summed E-state index contributed by atoms with van der Waals surface area (Å²) in [7, 11) is 0. The van der Waals surface area contributed by atoms with Gasteiger partial charge in [-0.05, 0) is 53.4 Å². The Bertz CT molecular complexity index is 621. The molecule has 0 N–H and O–H groups in total. The van der Waals surface area contributed by atoms with Crippen LogP contribution < -0.4 is 0 Å². The van der Waals surface area contributed by atoms with Crippen LogP contribution in [-0.2, 0) is 6.42 Å². The van der Waals surface area contributed by atoms with Crippen LogP contribution in [0, 0.1) is 5.92 Å². The number of benzene rings is 2. The molecule has 0 amide bonds. The Morgan fingerprint density at radius 2 is 1.58 bits per heavy atom. The number of aryl methyl sites for hydroxylation is 1. The molecule has 0 unspecified atom stereocenters. The molecule has 94 valence electrons. The van der Waals surface area contributed by atoms with Crippen molar-refractivity contribution >= 4 is 5.57 Å². The van der Waals surface area contributed by atoms with Crippen molar-refractivity contribution in [1.82, 2.24) is 0 Å². The summed E-state index contributed by atoms with van der Waals surface area (Å²) in [5.41, 5.74) is 6.17. The van der Waals surface area contributed by atoms with Crippen molar-refractivity contribution in [3.05, 3.63) is 77.4 Å². The lowest BCUT2D eigenvalue weighted by Gasteiger charge is -2.18. The van der Waals surface area contributed by atoms with Crippen molar-refractivity contribution in [3.63, 3.8) is 0 Å². The van der Waals surface area contributed by atoms with E-state index in [0.29, 0.717) is 0 Å². The number of rotatable bonds is 2. The molecule has 0 radical (unpaired) electrons. The van der Waals surface area contributed by atoms with E-state index >= 15 is 0 Å². The molecule has 0 saturated heterocycles. The molecule has 0 heterocycles. The zero-order chi connectivity index (χ0) is 12.7. The van der Waals surface area contributed by atoms with Gasteiger partial charge >= 0.3 is 0 Å². The number of hydrogen-bond acceptors (Lipinski definition) is 0. The van der Waals surface area contributed by atoms with Crippen molar-refractivity contribution in [3.8, 4) is 0 Å². The lowest BCUT2D eigenvalue weighted by atomic mass is 9.87. The maximum Gasteiger partial charge on any atom is -0.00840 e. The van der Waals surface area contributed by atoms with E-state index in [-0.39, 0.29) is 0 Å². The Morgan fingerprint density at radius 3 is 2.47 bits per heavy atom. The fraction of sp³-hybridized carbons (Fsp3) is 0.263. The lowest BCUT2D eigenvalue weighted by Crippen LogP contribution is -2.01. The van der Waals surface area contributed by atoms with Crippen molar-refractivity contribution in [2.45, 2.75) is 25.2 Å². The van der Waals surface area contributed by atoms with E-state index < -0.39 is 0 Å². The van der Waals surface area contributed by atoms with Crippen LogP contribution in [-0.4, -0.2) is 0 Å². The molecule has 1 fully saturated rings. The minimum absolute atomic E-state index is 0.749. The molecule has 0 spiro atoms. The van der Waals surface area contributed by atoms with Crippen LogP contribution in [0.15, 0.2) is 60.7 Å².